The molecular weight excluding hydrogens is 428 g/mol. The van der Waals surface area contributed by atoms with E-state index in [4.69, 9.17) is 4.74 Å². The number of aromatic nitrogens is 4. The van der Waals surface area contributed by atoms with E-state index in [9.17, 15) is 23.2 Å². The number of hydrogen-bond acceptors (Lipinski definition) is 7. The van der Waals surface area contributed by atoms with Crippen LogP contribution in [-0.4, -0.2) is 73.3 Å². The van der Waals surface area contributed by atoms with E-state index in [0.717, 1.165) is 9.58 Å². The van der Waals surface area contributed by atoms with Crippen molar-refractivity contribution in [1.82, 2.24) is 30.0 Å². The second-order valence-electron chi connectivity index (χ2n) is 8.78. The van der Waals surface area contributed by atoms with E-state index in [1.165, 1.54) is 17.3 Å². The molecule has 0 aliphatic carbocycles. The number of carbonyl (C=O) groups is 3. The quantitative estimate of drug-likeness (QED) is 0.708. The fourth-order valence-corrected chi connectivity index (χ4v) is 3.78. The number of hydrogen-bond donors (Lipinski definition) is 1. The number of imide groups is 1. The Morgan fingerprint density at radius 3 is 2.56 bits per heavy atom. The first kappa shape index (κ1) is 21.8. The zero-order valence-electron chi connectivity index (χ0n) is 17.8. The summed E-state index contributed by atoms with van der Waals surface area (Å²) in [5.41, 5.74) is -1.52. The first-order valence-electron chi connectivity index (χ1n) is 10.1. The third-order valence-electron chi connectivity index (χ3n) is 5.30. The lowest BCUT2D eigenvalue weighted by atomic mass is 9.87. The van der Waals surface area contributed by atoms with Crippen LogP contribution in [0.3, 0.4) is 0 Å². The van der Waals surface area contributed by atoms with Crippen LogP contribution in [0.1, 0.15) is 33.6 Å². The molecule has 32 heavy (non-hydrogen) atoms. The highest BCUT2D eigenvalue weighted by atomic mass is 19.3. The number of rotatable bonds is 3. The van der Waals surface area contributed by atoms with Crippen LogP contribution in [0.4, 0.5) is 24.2 Å². The molecule has 2 saturated heterocycles. The van der Waals surface area contributed by atoms with E-state index < -0.39 is 42.1 Å². The van der Waals surface area contributed by atoms with Gasteiger partial charge in [-0.15, -0.1) is 0 Å². The van der Waals surface area contributed by atoms with Crippen molar-refractivity contribution < 1.29 is 27.9 Å². The van der Waals surface area contributed by atoms with Crippen LogP contribution in [0.15, 0.2) is 12.4 Å². The number of ether oxygens (including phenoxy) is 1. The molecule has 2 aromatic heterocycles. The number of fused-ring (bicyclic) bond motifs is 1. The Morgan fingerprint density at radius 1 is 1.25 bits per heavy atom. The Morgan fingerprint density at radius 2 is 1.94 bits per heavy atom. The molecular formula is C19H23F2N7O4. The van der Waals surface area contributed by atoms with Gasteiger partial charge in [0.05, 0.1) is 12.4 Å². The lowest BCUT2D eigenvalue weighted by Crippen LogP contribution is -2.56. The molecule has 0 aromatic carbocycles. The van der Waals surface area contributed by atoms with E-state index in [1.54, 1.807) is 20.8 Å². The van der Waals surface area contributed by atoms with Crippen molar-refractivity contribution in [3.63, 3.8) is 0 Å². The van der Waals surface area contributed by atoms with Gasteiger partial charge in [-0.05, 0) is 33.6 Å². The summed E-state index contributed by atoms with van der Waals surface area (Å²) < 4.78 is 31.9. The highest BCUT2D eigenvalue weighted by molar-refractivity contribution is 6.23. The molecule has 2 aliphatic rings. The smallest absolute Gasteiger partial charge is 0.410 e. The average molecular weight is 451 g/mol. The van der Waals surface area contributed by atoms with Crippen molar-refractivity contribution >= 4 is 35.0 Å². The van der Waals surface area contributed by atoms with Gasteiger partial charge in [-0.2, -0.15) is 5.10 Å². The van der Waals surface area contributed by atoms with E-state index in [-0.39, 0.29) is 42.9 Å². The highest BCUT2D eigenvalue weighted by Gasteiger charge is 2.54. The number of piperidine rings is 1. The summed E-state index contributed by atoms with van der Waals surface area (Å²) in [7, 11) is 0. The number of likely N-dealkylation sites (tertiary alicyclic amines) is 1. The SMILES string of the molecule is CC(C)(C)OC(=O)N1CCC2(CC1)NC(=O)N(c1cnc3cnn(CC(F)F)c3n1)C2=O. The fraction of sp³-hybridized carbons (Fsp3) is 0.579. The standard InChI is InChI=1S/C19H23F2N7O4/c1-18(2,3)32-17(31)26-6-4-19(5-7-26)15(29)28(16(30)25-19)13-9-22-11-8-23-27(10-12(20)21)14(11)24-13/h8-9,12H,4-7,10H2,1-3H3,(H,25,30). The molecule has 0 saturated carbocycles. The number of carbonyl (C=O) groups excluding carboxylic acids is 3. The minimum Gasteiger partial charge on any atom is -0.444 e. The number of anilines is 1. The van der Waals surface area contributed by atoms with Gasteiger partial charge < -0.3 is 15.0 Å². The summed E-state index contributed by atoms with van der Waals surface area (Å²) in [4.78, 5) is 48.8. The van der Waals surface area contributed by atoms with Crippen LogP contribution < -0.4 is 10.2 Å². The van der Waals surface area contributed by atoms with Gasteiger partial charge in [0.15, 0.2) is 11.5 Å². The van der Waals surface area contributed by atoms with Crippen molar-refractivity contribution in [3.8, 4) is 0 Å². The first-order valence-corrected chi connectivity index (χ1v) is 10.1. The van der Waals surface area contributed by atoms with Crippen LogP contribution in [0, 0.1) is 0 Å². The third kappa shape index (κ3) is 3.94. The van der Waals surface area contributed by atoms with Gasteiger partial charge in [-0.1, -0.05) is 0 Å². The second kappa shape index (κ2) is 7.64. The second-order valence-corrected chi connectivity index (χ2v) is 8.78. The molecule has 2 aromatic rings. The molecule has 0 unspecified atom stereocenters. The van der Waals surface area contributed by atoms with Crippen molar-refractivity contribution in [3.05, 3.63) is 12.4 Å². The summed E-state index contributed by atoms with van der Waals surface area (Å²) >= 11 is 0. The monoisotopic (exact) mass is 451 g/mol. The van der Waals surface area contributed by atoms with E-state index in [2.05, 4.69) is 20.4 Å². The van der Waals surface area contributed by atoms with Gasteiger partial charge >= 0.3 is 12.1 Å². The zero-order chi connectivity index (χ0) is 23.3. The summed E-state index contributed by atoms with van der Waals surface area (Å²) in [6, 6.07) is -0.686. The molecule has 2 aliphatic heterocycles. The molecule has 0 bridgehead atoms. The van der Waals surface area contributed by atoms with E-state index >= 15 is 0 Å². The Bertz CT molecular complexity index is 1070. The van der Waals surface area contributed by atoms with Crippen molar-refractivity contribution in [2.45, 2.75) is 57.7 Å². The maximum atomic E-state index is 13.2. The lowest BCUT2D eigenvalue weighted by Gasteiger charge is -2.37. The number of nitrogens with zero attached hydrogens (tertiary/aromatic N) is 6. The van der Waals surface area contributed by atoms with Crippen molar-refractivity contribution in [1.29, 1.82) is 0 Å². The molecule has 4 rings (SSSR count). The Hall–Kier alpha value is -3.38. The zero-order valence-corrected chi connectivity index (χ0v) is 17.8. The minimum absolute atomic E-state index is 0.0455. The van der Waals surface area contributed by atoms with E-state index in [0.29, 0.717) is 0 Å². The van der Waals surface area contributed by atoms with Gasteiger partial charge in [0.2, 0.25) is 0 Å². The Balaban J connectivity index is 1.53. The average Bonchev–Trinajstić information content (AvgIpc) is 3.18. The summed E-state index contributed by atoms with van der Waals surface area (Å²) in [5.74, 6) is -0.609. The number of halogens is 2. The molecule has 11 nitrogen and oxygen atoms in total. The number of nitrogens with one attached hydrogen (secondary N) is 1. The number of alkyl halides is 2. The normalized spacial score (nSPS) is 18.7. The number of urea groups is 1. The minimum atomic E-state index is -2.65. The molecule has 1 N–H and O–H groups in total. The van der Waals surface area contributed by atoms with Crippen LogP contribution in [-0.2, 0) is 16.1 Å². The highest BCUT2D eigenvalue weighted by Crippen LogP contribution is 2.32. The molecule has 4 heterocycles. The van der Waals surface area contributed by atoms with Crippen LogP contribution in [0.2, 0.25) is 0 Å². The third-order valence-corrected chi connectivity index (χ3v) is 5.30. The maximum absolute atomic E-state index is 13.2. The largest absolute Gasteiger partial charge is 0.444 e. The Labute approximate surface area is 181 Å². The molecule has 4 amide bonds. The fourth-order valence-electron chi connectivity index (χ4n) is 3.78. The van der Waals surface area contributed by atoms with Crippen molar-refractivity contribution in [2.75, 3.05) is 18.0 Å². The summed E-state index contributed by atoms with van der Waals surface area (Å²) in [6.07, 6.45) is -0.223. The summed E-state index contributed by atoms with van der Waals surface area (Å²) in [5, 5.41) is 6.55. The van der Waals surface area contributed by atoms with Gasteiger partial charge in [-0.3, -0.25) is 4.79 Å². The number of amides is 4. The predicted molar refractivity (Wildman–Crippen MR) is 107 cm³/mol. The maximum Gasteiger partial charge on any atom is 0.410 e. The molecule has 2 fully saturated rings. The Kier molecular flexibility index (Phi) is 5.21. The summed E-state index contributed by atoms with van der Waals surface area (Å²) in [6.45, 7) is 5.05. The van der Waals surface area contributed by atoms with Crippen LogP contribution in [0.5, 0.6) is 0 Å². The van der Waals surface area contributed by atoms with Crippen LogP contribution in [0.25, 0.3) is 11.2 Å². The molecule has 13 heteroatoms. The topological polar surface area (TPSA) is 123 Å². The molecule has 172 valence electrons. The van der Waals surface area contributed by atoms with Crippen LogP contribution >= 0.6 is 0 Å². The van der Waals surface area contributed by atoms with Gasteiger partial charge in [-0.25, -0.2) is 37.9 Å². The van der Waals surface area contributed by atoms with Gasteiger partial charge in [0.25, 0.3) is 12.3 Å². The lowest BCUT2D eigenvalue weighted by molar-refractivity contribution is -0.123. The molecule has 0 atom stereocenters. The van der Waals surface area contributed by atoms with E-state index in [1.807, 2.05) is 0 Å². The molecule has 0 radical (unpaired) electrons. The van der Waals surface area contributed by atoms with Gasteiger partial charge in [0.1, 0.15) is 23.2 Å². The molecule has 1 spiro atoms. The van der Waals surface area contributed by atoms with Crippen molar-refractivity contribution in [2.24, 2.45) is 0 Å². The van der Waals surface area contributed by atoms with Gasteiger partial charge in [0, 0.05) is 13.1 Å². The first-order chi connectivity index (χ1) is 15.0. The predicted octanol–water partition coefficient (Wildman–Crippen LogP) is 1.92.